The Morgan fingerprint density at radius 1 is 1.10 bits per heavy atom. The molecule has 2 aromatic heterocycles. The van der Waals surface area contributed by atoms with E-state index in [0.29, 0.717) is 37.7 Å². The summed E-state index contributed by atoms with van der Waals surface area (Å²) in [5.41, 5.74) is 2.05. The van der Waals surface area contributed by atoms with Crippen LogP contribution in [0.15, 0.2) is 47.0 Å². The van der Waals surface area contributed by atoms with Crippen molar-refractivity contribution in [1.82, 2.24) is 20.1 Å². The molecule has 0 aliphatic carbocycles. The molecule has 1 aliphatic heterocycles. The molecule has 0 unspecified atom stereocenters. The number of carbonyl (C=O) groups excluding carboxylic acids is 1. The lowest BCUT2D eigenvalue weighted by atomic mass is 10.1. The minimum absolute atomic E-state index is 0.100. The molecular weight excluding hydrogens is 382 g/mol. The topological polar surface area (TPSA) is 84.6 Å². The molecule has 30 heavy (non-hydrogen) atoms. The van der Waals surface area contributed by atoms with Gasteiger partial charge in [-0.1, -0.05) is 17.7 Å². The molecule has 0 radical (unpaired) electrons. The fraction of sp³-hybridized carbons (Fsp3) is 0.364. The second-order valence-electron chi connectivity index (χ2n) is 7.29. The van der Waals surface area contributed by atoms with Crippen molar-refractivity contribution >= 4 is 11.7 Å². The third kappa shape index (κ3) is 4.59. The van der Waals surface area contributed by atoms with Gasteiger partial charge in [-0.15, -0.1) is 10.2 Å². The number of ether oxygens (including phenoxy) is 1. The number of aryl methyl sites for hydroxylation is 2. The minimum atomic E-state index is 0.100. The zero-order chi connectivity index (χ0) is 20.9. The minimum Gasteiger partial charge on any atom is -0.497 e. The molecule has 4 rings (SSSR count). The van der Waals surface area contributed by atoms with Gasteiger partial charge in [0, 0.05) is 56.8 Å². The van der Waals surface area contributed by atoms with Crippen LogP contribution in [0.2, 0.25) is 0 Å². The predicted octanol–water partition coefficient (Wildman–Crippen LogP) is 2.73. The maximum atomic E-state index is 12.6. The number of anilines is 1. The Morgan fingerprint density at radius 3 is 2.60 bits per heavy atom. The van der Waals surface area contributed by atoms with Crippen molar-refractivity contribution in [2.24, 2.45) is 0 Å². The standard InChI is InChI=1S/C22H25N5O3/c1-16-3-5-17(6-4-16)22-25-24-20(30-22)7-8-21(28)27-13-11-26(12-14-27)19-15-18(29-2)9-10-23-19/h3-6,9-10,15H,7-8,11-14H2,1-2H3. The van der Waals surface area contributed by atoms with E-state index < -0.39 is 0 Å². The summed E-state index contributed by atoms with van der Waals surface area (Å²) < 4.78 is 11.0. The van der Waals surface area contributed by atoms with Gasteiger partial charge in [0.2, 0.25) is 17.7 Å². The maximum absolute atomic E-state index is 12.6. The van der Waals surface area contributed by atoms with Crippen LogP contribution >= 0.6 is 0 Å². The molecule has 1 fully saturated rings. The van der Waals surface area contributed by atoms with Crippen LogP contribution in [0.5, 0.6) is 5.75 Å². The predicted molar refractivity (Wildman–Crippen MR) is 112 cm³/mol. The number of aromatic nitrogens is 3. The van der Waals surface area contributed by atoms with Crippen molar-refractivity contribution in [3.05, 3.63) is 54.0 Å². The Labute approximate surface area is 175 Å². The van der Waals surface area contributed by atoms with Gasteiger partial charge >= 0.3 is 0 Å². The number of hydrogen-bond acceptors (Lipinski definition) is 7. The van der Waals surface area contributed by atoms with Crippen LogP contribution in [-0.4, -0.2) is 59.3 Å². The first-order valence-corrected chi connectivity index (χ1v) is 10.0. The average Bonchev–Trinajstić information content (AvgIpc) is 3.27. The lowest BCUT2D eigenvalue weighted by Gasteiger charge is -2.35. The van der Waals surface area contributed by atoms with Gasteiger partial charge in [-0.25, -0.2) is 4.98 Å². The molecule has 8 heteroatoms. The summed E-state index contributed by atoms with van der Waals surface area (Å²) >= 11 is 0. The van der Waals surface area contributed by atoms with E-state index in [9.17, 15) is 4.79 Å². The average molecular weight is 407 g/mol. The van der Waals surface area contributed by atoms with Crippen molar-refractivity contribution < 1.29 is 13.9 Å². The van der Waals surface area contributed by atoms with E-state index in [0.717, 1.165) is 30.2 Å². The van der Waals surface area contributed by atoms with Crippen molar-refractivity contribution in [3.63, 3.8) is 0 Å². The first-order chi connectivity index (χ1) is 14.6. The highest BCUT2D eigenvalue weighted by molar-refractivity contribution is 5.76. The van der Waals surface area contributed by atoms with Crippen LogP contribution < -0.4 is 9.64 Å². The quantitative estimate of drug-likeness (QED) is 0.621. The fourth-order valence-corrected chi connectivity index (χ4v) is 3.42. The van der Waals surface area contributed by atoms with Gasteiger partial charge in [-0.05, 0) is 25.1 Å². The molecule has 0 N–H and O–H groups in total. The van der Waals surface area contributed by atoms with E-state index in [1.54, 1.807) is 13.3 Å². The molecule has 0 spiro atoms. The lowest BCUT2D eigenvalue weighted by Crippen LogP contribution is -2.49. The summed E-state index contributed by atoms with van der Waals surface area (Å²) in [7, 11) is 1.64. The Morgan fingerprint density at radius 2 is 1.87 bits per heavy atom. The number of carbonyl (C=O) groups is 1. The number of pyridine rings is 1. The Kier molecular flexibility index (Phi) is 5.92. The van der Waals surface area contributed by atoms with Gasteiger partial charge in [-0.2, -0.15) is 0 Å². The van der Waals surface area contributed by atoms with E-state index in [1.807, 2.05) is 48.2 Å². The summed E-state index contributed by atoms with van der Waals surface area (Å²) in [5, 5.41) is 8.18. The largest absolute Gasteiger partial charge is 0.497 e. The van der Waals surface area contributed by atoms with Crippen LogP contribution in [0.4, 0.5) is 5.82 Å². The van der Waals surface area contributed by atoms with Crippen LogP contribution in [0.1, 0.15) is 17.9 Å². The summed E-state index contributed by atoms with van der Waals surface area (Å²) in [6.07, 6.45) is 2.53. The van der Waals surface area contributed by atoms with Crippen molar-refractivity contribution in [2.45, 2.75) is 19.8 Å². The molecule has 8 nitrogen and oxygen atoms in total. The molecule has 1 aromatic carbocycles. The van der Waals surface area contributed by atoms with Crippen LogP contribution in [0.25, 0.3) is 11.5 Å². The SMILES string of the molecule is COc1ccnc(N2CCN(C(=O)CCc3nnc(-c4ccc(C)cc4)o3)CC2)c1. The molecule has 3 heterocycles. The number of nitrogens with zero attached hydrogens (tertiary/aromatic N) is 5. The molecule has 156 valence electrons. The molecule has 0 bridgehead atoms. The number of piperazine rings is 1. The first-order valence-electron chi connectivity index (χ1n) is 10.0. The summed E-state index contributed by atoms with van der Waals surface area (Å²) in [6.45, 7) is 4.84. The van der Waals surface area contributed by atoms with Crippen molar-refractivity contribution in [2.75, 3.05) is 38.2 Å². The third-order valence-corrected chi connectivity index (χ3v) is 5.23. The first kappa shape index (κ1) is 19.9. The zero-order valence-electron chi connectivity index (χ0n) is 17.2. The smallest absolute Gasteiger partial charge is 0.247 e. The molecule has 0 atom stereocenters. The normalized spacial score (nSPS) is 14.1. The molecule has 0 saturated carbocycles. The number of hydrogen-bond donors (Lipinski definition) is 0. The van der Waals surface area contributed by atoms with Gasteiger partial charge < -0.3 is 19.0 Å². The van der Waals surface area contributed by atoms with E-state index in [1.165, 1.54) is 5.56 Å². The Hall–Kier alpha value is -3.42. The fourth-order valence-electron chi connectivity index (χ4n) is 3.42. The van der Waals surface area contributed by atoms with E-state index in [-0.39, 0.29) is 5.91 Å². The lowest BCUT2D eigenvalue weighted by molar-refractivity contribution is -0.131. The van der Waals surface area contributed by atoms with Gasteiger partial charge in [0.25, 0.3) is 0 Å². The van der Waals surface area contributed by atoms with Crippen LogP contribution in [0.3, 0.4) is 0 Å². The van der Waals surface area contributed by atoms with Crippen LogP contribution in [-0.2, 0) is 11.2 Å². The second kappa shape index (κ2) is 8.94. The highest BCUT2D eigenvalue weighted by Crippen LogP contribution is 2.21. The molecule has 1 saturated heterocycles. The van der Waals surface area contributed by atoms with Gasteiger partial charge in [0.15, 0.2) is 0 Å². The number of amides is 1. The highest BCUT2D eigenvalue weighted by atomic mass is 16.5. The molecule has 3 aromatic rings. The second-order valence-corrected chi connectivity index (χ2v) is 7.29. The van der Waals surface area contributed by atoms with Gasteiger partial charge in [0.1, 0.15) is 11.6 Å². The Bertz CT molecular complexity index is 994. The number of benzene rings is 1. The maximum Gasteiger partial charge on any atom is 0.247 e. The van der Waals surface area contributed by atoms with E-state index in [2.05, 4.69) is 20.1 Å². The highest BCUT2D eigenvalue weighted by Gasteiger charge is 2.22. The van der Waals surface area contributed by atoms with Gasteiger partial charge in [-0.3, -0.25) is 4.79 Å². The van der Waals surface area contributed by atoms with Gasteiger partial charge in [0.05, 0.1) is 7.11 Å². The summed E-state index contributed by atoms with van der Waals surface area (Å²) in [6, 6.07) is 11.7. The zero-order valence-corrected chi connectivity index (χ0v) is 17.2. The van der Waals surface area contributed by atoms with Crippen LogP contribution in [0, 0.1) is 6.92 Å². The molecule has 1 amide bonds. The number of methoxy groups -OCH3 is 1. The molecular formula is C22H25N5O3. The monoisotopic (exact) mass is 407 g/mol. The molecule has 1 aliphatic rings. The summed E-state index contributed by atoms with van der Waals surface area (Å²) in [5.74, 6) is 2.72. The Balaban J connectivity index is 1.28. The van der Waals surface area contributed by atoms with Crippen molar-refractivity contribution in [1.29, 1.82) is 0 Å². The van der Waals surface area contributed by atoms with E-state index >= 15 is 0 Å². The van der Waals surface area contributed by atoms with Crippen molar-refractivity contribution in [3.8, 4) is 17.2 Å². The third-order valence-electron chi connectivity index (χ3n) is 5.23. The summed E-state index contributed by atoms with van der Waals surface area (Å²) in [4.78, 5) is 21.1. The number of rotatable bonds is 6. The van der Waals surface area contributed by atoms with E-state index in [4.69, 9.17) is 9.15 Å².